The molecule has 0 aliphatic heterocycles. The molecule has 0 bridgehead atoms. The Kier molecular flexibility index (Phi) is 3.60. The van der Waals surface area contributed by atoms with Crippen molar-refractivity contribution >= 4 is 34.3 Å². The highest BCUT2D eigenvalue weighted by atomic mass is 35.5. The van der Waals surface area contributed by atoms with Crippen molar-refractivity contribution < 1.29 is 0 Å². The van der Waals surface area contributed by atoms with Gasteiger partial charge in [0, 0.05) is 11.9 Å². The Morgan fingerprint density at radius 2 is 2.12 bits per heavy atom. The lowest BCUT2D eigenvalue weighted by molar-refractivity contribution is 0.935. The molecule has 0 fully saturated rings. The minimum absolute atomic E-state index is 0.696. The molecule has 0 aliphatic carbocycles. The van der Waals surface area contributed by atoms with Gasteiger partial charge in [0.15, 0.2) is 0 Å². The average molecular weight is 267 g/mol. The van der Waals surface area contributed by atoms with E-state index in [1.54, 1.807) is 11.3 Å². The van der Waals surface area contributed by atoms with Crippen molar-refractivity contribution in [1.29, 1.82) is 0 Å². The van der Waals surface area contributed by atoms with Crippen molar-refractivity contribution in [3.8, 4) is 0 Å². The van der Waals surface area contributed by atoms with Crippen LogP contribution in [0.5, 0.6) is 0 Å². The van der Waals surface area contributed by atoms with E-state index in [4.69, 9.17) is 17.3 Å². The molecule has 0 radical (unpaired) electrons. The lowest BCUT2D eigenvalue weighted by Crippen LogP contribution is -2.18. The van der Waals surface area contributed by atoms with Crippen LogP contribution in [0.25, 0.3) is 0 Å². The summed E-state index contributed by atoms with van der Waals surface area (Å²) in [6.45, 7) is 2.95. The number of para-hydroxylation sites is 1. The Balaban J connectivity index is 2.26. The van der Waals surface area contributed by atoms with Gasteiger partial charge in [0.25, 0.3) is 0 Å². The van der Waals surface area contributed by atoms with Gasteiger partial charge in [-0.2, -0.15) is 0 Å². The van der Waals surface area contributed by atoms with Crippen LogP contribution in [0.2, 0.25) is 5.02 Å². The quantitative estimate of drug-likeness (QED) is 0.853. The van der Waals surface area contributed by atoms with Crippen molar-refractivity contribution in [3.63, 3.8) is 0 Å². The van der Waals surface area contributed by atoms with Gasteiger partial charge in [0.05, 0.1) is 22.9 Å². The molecular weight excluding hydrogens is 252 g/mol. The summed E-state index contributed by atoms with van der Waals surface area (Å²) < 4.78 is 0. The first kappa shape index (κ1) is 12.3. The molecule has 17 heavy (non-hydrogen) atoms. The molecule has 1 aromatic carbocycles. The molecule has 0 saturated heterocycles. The molecular formula is C13H15ClN2S. The molecule has 0 amide bonds. The number of benzene rings is 1. The fourth-order valence-corrected chi connectivity index (χ4v) is 3.08. The van der Waals surface area contributed by atoms with Gasteiger partial charge in [0.1, 0.15) is 0 Å². The molecule has 90 valence electrons. The SMILES string of the molecule is Cc1ccsc1CN(C)c1c(N)cccc1Cl. The minimum atomic E-state index is 0.696. The molecule has 0 saturated carbocycles. The Morgan fingerprint density at radius 3 is 2.71 bits per heavy atom. The maximum Gasteiger partial charge on any atom is 0.0789 e. The van der Waals surface area contributed by atoms with Crippen LogP contribution in [0.1, 0.15) is 10.4 Å². The number of aryl methyl sites for hydroxylation is 1. The number of rotatable bonds is 3. The van der Waals surface area contributed by atoms with Crippen molar-refractivity contribution in [2.75, 3.05) is 17.7 Å². The molecule has 0 unspecified atom stereocenters. The summed E-state index contributed by atoms with van der Waals surface area (Å²) in [6, 6.07) is 7.74. The molecule has 1 aromatic heterocycles. The van der Waals surface area contributed by atoms with Crippen LogP contribution in [0.3, 0.4) is 0 Å². The minimum Gasteiger partial charge on any atom is -0.397 e. The second-order valence-electron chi connectivity index (χ2n) is 4.06. The van der Waals surface area contributed by atoms with E-state index in [0.29, 0.717) is 10.7 Å². The van der Waals surface area contributed by atoms with Crippen LogP contribution in [0.15, 0.2) is 29.6 Å². The molecule has 4 heteroatoms. The van der Waals surface area contributed by atoms with Crippen LogP contribution in [-0.4, -0.2) is 7.05 Å². The first-order chi connectivity index (χ1) is 8.09. The zero-order valence-electron chi connectivity index (χ0n) is 9.90. The number of hydrogen-bond acceptors (Lipinski definition) is 3. The molecule has 1 heterocycles. The van der Waals surface area contributed by atoms with Crippen molar-refractivity contribution in [1.82, 2.24) is 0 Å². The van der Waals surface area contributed by atoms with Crippen LogP contribution < -0.4 is 10.6 Å². The number of anilines is 2. The fourth-order valence-electron chi connectivity index (χ4n) is 1.80. The molecule has 2 N–H and O–H groups in total. The third kappa shape index (κ3) is 2.56. The Bertz CT molecular complexity index is 502. The van der Waals surface area contributed by atoms with Gasteiger partial charge in [-0.25, -0.2) is 0 Å². The van der Waals surface area contributed by atoms with Gasteiger partial charge in [-0.3, -0.25) is 0 Å². The van der Waals surface area contributed by atoms with Gasteiger partial charge < -0.3 is 10.6 Å². The van der Waals surface area contributed by atoms with Crippen molar-refractivity contribution in [2.45, 2.75) is 13.5 Å². The first-order valence-corrected chi connectivity index (χ1v) is 6.63. The first-order valence-electron chi connectivity index (χ1n) is 5.37. The van der Waals surface area contributed by atoms with Crippen LogP contribution in [0, 0.1) is 6.92 Å². The average Bonchev–Trinajstić information content (AvgIpc) is 2.64. The van der Waals surface area contributed by atoms with E-state index in [-0.39, 0.29) is 0 Å². The summed E-state index contributed by atoms with van der Waals surface area (Å²) >= 11 is 7.94. The summed E-state index contributed by atoms with van der Waals surface area (Å²) in [6.07, 6.45) is 0. The van der Waals surface area contributed by atoms with E-state index < -0.39 is 0 Å². The lowest BCUT2D eigenvalue weighted by atomic mass is 10.2. The highest BCUT2D eigenvalue weighted by molar-refractivity contribution is 7.10. The van der Waals surface area contributed by atoms with Crippen LogP contribution >= 0.6 is 22.9 Å². The zero-order valence-corrected chi connectivity index (χ0v) is 11.5. The summed E-state index contributed by atoms with van der Waals surface area (Å²) in [4.78, 5) is 3.43. The smallest absolute Gasteiger partial charge is 0.0789 e. The predicted octanol–water partition coefficient (Wildman–Crippen LogP) is 3.93. The van der Waals surface area contributed by atoms with E-state index in [9.17, 15) is 0 Å². The normalized spacial score (nSPS) is 10.5. The maximum absolute atomic E-state index is 6.19. The van der Waals surface area contributed by atoms with Gasteiger partial charge in [-0.05, 0) is 36.1 Å². The second kappa shape index (κ2) is 4.98. The van der Waals surface area contributed by atoms with Gasteiger partial charge >= 0.3 is 0 Å². The van der Waals surface area contributed by atoms with Crippen molar-refractivity contribution in [2.24, 2.45) is 0 Å². The Hall–Kier alpha value is -1.19. The topological polar surface area (TPSA) is 29.3 Å². The highest BCUT2D eigenvalue weighted by Gasteiger charge is 2.11. The summed E-state index contributed by atoms with van der Waals surface area (Å²) in [5, 5.41) is 2.80. The molecule has 0 spiro atoms. The van der Waals surface area contributed by atoms with E-state index in [1.807, 2.05) is 25.2 Å². The summed E-state index contributed by atoms with van der Waals surface area (Å²) in [5.41, 5.74) is 8.90. The number of nitrogens with zero attached hydrogens (tertiary/aromatic N) is 1. The number of nitrogen functional groups attached to an aromatic ring is 1. The maximum atomic E-state index is 6.19. The monoisotopic (exact) mass is 266 g/mol. The molecule has 2 rings (SSSR count). The number of hydrogen-bond donors (Lipinski definition) is 1. The summed E-state index contributed by atoms with van der Waals surface area (Å²) in [5.74, 6) is 0. The fraction of sp³-hybridized carbons (Fsp3) is 0.231. The standard InChI is InChI=1S/C13H15ClN2S/c1-9-6-7-17-12(9)8-16(2)13-10(14)4-3-5-11(13)15/h3-7H,8,15H2,1-2H3. The van der Waals surface area contributed by atoms with E-state index in [1.165, 1.54) is 10.4 Å². The summed E-state index contributed by atoms with van der Waals surface area (Å²) in [7, 11) is 2.01. The Morgan fingerprint density at radius 1 is 1.35 bits per heavy atom. The Labute approximate surface area is 111 Å². The largest absolute Gasteiger partial charge is 0.397 e. The lowest BCUT2D eigenvalue weighted by Gasteiger charge is -2.22. The van der Waals surface area contributed by atoms with E-state index in [0.717, 1.165) is 12.2 Å². The molecule has 2 aromatic rings. The van der Waals surface area contributed by atoms with E-state index in [2.05, 4.69) is 23.3 Å². The van der Waals surface area contributed by atoms with Crippen molar-refractivity contribution in [3.05, 3.63) is 45.1 Å². The van der Waals surface area contributed by atoms with E-state index >= 15 is 0 Å². The second-order valence-corrected chi connectivity index (χ2v) is 5.47. The van der Waals surface area contributed by atoms with Gasteiger partial charge in [-0.1, -0.05) is 17.7 Å². The predicted molar refractivity (Wildman–Crippen MR) is 77.0 cm³/mol. The molecule has 2 nitrogen and oxygen atoms in total. The van der Waals surface area contributed by atoms with Crippen LogP contribution in [0.4, 0.5) is 11.4 Å². The number of halogens is 1. The van der Waals surface area contributed by atoms with Gasteiger partial charge in [-0.15, -0.1) is 11.3 Å². The van der Waals surface area contributed by atoms with Gasteiger partial charge in [0.2, 0.25) is 0 Å². The number of thiophene rings is 1. The third-order valence-corrected chi connectivity index (χ3v) is 4.06. The molecule has 0 aliphatic rings. The zero-order chi connectivity index (χ0) is 12.4. The highest BCUT2D eigenvalue weighted by Crippen LogP contribution is 2.32. The van der Waals surface area contributed by atoms with Crippen LogP contribution in [-0.2, 0) is 6.54 Å². The number of nitrogens with two attached hydrogens (primary N) is 1. The third-order valence-electron chi connectivity index (χ3n) is 2.75. The molecule has 0 atom stereocenters.